The fourth-order valence-corrected chi connectivity index (χ4v) is 1.55. The molecule has 1 atom stereocenters. The van der Waals surface area contributed by atoms with Crippen LogP contribution >= 0.6 is 12.2 Å². The predicted molar refractivity (Wildman–Crippen MR) is 66.2 cm³/mol. The summed E-state index contributed by atoms with van der Waals surface area (Å²) < 4.78 is 5.23. The average Bonchev–Trinajstić information content (AvgIpc) is 2.29. The van der Waals surface area contributed by atoms with Gasteiger partial charge in [-0.3, -0.25) is 9.69 Å². The Hall–Kier alpha value is -0.720. The first-order valence-corrected chi connectivity index (χ1v) is 5.89. The molecule has 1 unspecified atom stereocenters. The highest BCUT2D eigenvalue weighted by atomic mass is 32.1. The van der Waals surface area contributed by atoms with Gasteiger partial charge in [-0.15, -0.1) is 0 Å². The predicted octanol–water partition coefficient (Wildman–Crippen LogP) is -0.643. The Labute approximate surface area is 101 Å². The van der Waals surface area contributed by atoms with Gasteiger partial charge in [-0.1, -0.05) is 12.2 Å². The molecular weight excluding hydrogens is 226 g/mol. The van der Waals surface area contributed by atoms with Crippen molar-refractivity contribution in [2.24, 2.45) is 11.7 Å². The summed E-state index contributed by atoms with van der Waals surface area (Å²) in [4.78, 5) is 14.0. The lowest BCUT2D eigenvalue weighted by molar-refractivity contribution is -0.122. The van der Waals surface area contributed by atoms with Gasteiger partial charge in [-0.25, -0.2) is 0 Å². The molecule has 0 radical (unpaired) electrons. The van der Waals surface area contributed by atoms with Gasteiger partial charge >= 0.3 is 0 Å². The molecule has 0 aliphatic carbocycles. The summed E-state index contributed by atoms with van der Waals surface area (Å²) in [6, 6.07) is 0. The van der Waals surface area contributed by atoms with Crippen LogP contribution in [0.3, 0.4) is 0 Å². The van der Waals surface area contributed by atoms with E-state index in [2.05, 4.69) is 10.2 Å². The van der Waals surface area contributed by atoms with Gasteiger partial charge in [-0.05, 0) is 6.92 Å². The molecule has 1 aliphatic rings. The molecule has 0 spiro atoms. The van der Waals surface area contributed by atoms with Crippen molar-refractivity contribution >= 4 is 23.1 Å². The number of hydrogen-bond acceptors (Lipinski definition) is 4. The van der Waals surface area contributed by atoms with E-state index in [4.69, 9.17) is 22.7 Å². The van der Waals surface area contributed by atoms with Crippen molar-refractivity contribution in [3.63, 3.8) is 0 Å². The van der Waals surface area contributed by atoms with E-state index < -0.39 is 0 Å². The van der Waals surface area contributed by atoms with Crippen LogP contribution in [0.5, 0.6) is 0 Å². The van der Waals surface area contributed by atoms with Crippen LogP contribution in [0.1, 0.15) is 6.92 Å². The Morgan fingerprint density at radius 1 is 1.56 bits per heavy atom. The Morgan fingerprint density at radius 3 is 2.75 bits per heavy atom. The van der Waals surface area contributed by atoms with Crippen LogP contribution in [0.4, 0.5) is 0 Å². The molecule has 0 aromatic heterocycles. The number of carbonyl (C=O) groups excluding carboxylic acids is 1. The zero-order valence-electron chi connectivity index (χ0n) is 9.57. The van der Waals surface area contributed by atoms with E-state index in [1.54, 1.807) is 6.92 Å². The summed E-state index contributed by atoms with van der Waals surface area (Å²) in [6.45, 7) is 6.60. The molecule has 6 heteroatoms. The molecule has 3 N–H and O–H groups in total. The smallest absolute Gasteiger partial charge is 0.229 e. The highest BCUT2D eigenvalue weighted by Crippen LogP contribution is 1.96. The van der Waals surface area contributed by atoms with Crippen LogP contribution in [0.2, 0.25) is 0 Å². The zero-order chi connectivity index (χ0) is 12.0. The molecule has 1 heterocycles. The molecule has 0 bridgehead atoms. The van der Waals surface area contributed by atoms with E-state index in [0.717, 1.165) is 32.8 Å². The number of morpholine rings is 1. The van der Waals surface area contributed by atoms with Crippen molar-refractivity contribution in [3.8, 4) is 0 Å². The maximum absolute atomic E-state index is 11.5. The van der Waals surface area contributed by atoms with Gasteiger partial charge in [0.2, 0.25) is 5.91 Å². The van der Waals surface area contributed by atoms with E-state index >= 15 is 0 Å². The summed E-state index contributed by atoms with van der Waals surface area (Å²) in [7, 11) is 0. The SMILES string of the molecule is CC(C(=O)NCCN1CCOCC1)C(N)=S. The van der Waals surface area contributed by atoms with E-state index in [1.807, 2.05) is 0 Å². The van der Waals surface area contributed by atoms with Crippen LogP contribution in [0, 0.1) is 5.92 Å². The molecular formula is C10H19N3O2S. The van der Waals surface area contributed by atoms with Crippen LogP contribution < -0.4 is 11.1 Å². The monoisotopic (exact) mass is 245 g/mol. The van der Waals surface area contributed by atoms with Gasteiger partial charge in [0.1, 0.15) is 0 Å². The van der Waals surface area contributed by atoms with Crippen LogP contribution in [-0.2, 0) is 9.53 Å². The molecule has 5 nitrogen and oxygen atoms in total. The maximum atomic E-state index is 11.5. The van der Waals surface area contributed by atoms with Gasteiger partial charge in [0.25, 0.3) is 0 Å². The minimum atomic E-state index is -0.389. The molecule has 0 aromatic rings. The molecule has 16 heavy (non-hydrogen) atoms. The summed E-state index contributed by atoms with van der Waals surface area (Å²) in [5.74, 6) is -0.486. The average molecular weight is 245 g/mol. The fraction of sp³-hybridized carbons (Fsp3) is 0.800. The van der Waals surface area contributed by atoms with Gasteiger partial charge in [0, 0.05) is 26.2 Å². The molecule has 1 aliphatic heterocycles. The number of nitrogens with two attached hydrogens (primary N) is 1. The Kier molecular flexibility index (Phi) is 5.65. The molecule has 1 amide bonds. The van der Waals surface area contributed by atoms with Crippen molar-refractivity contribution < 1.29 is 9.53 Å². The molecule has 0 saturated carbocycles. The van der Waals surface area contributed by atoms with Crippen LogP contribution in [0.25, 0.3) is 0 Å². The third-order valence-electron chi connectivity index (χ3n) is 2.65. The first kappa shape index (κ1) is 13.3. The minimum Gasteiger partial charge on any atom is -0.393 e. The Bertz CT molecular complexity index is 254. The summed E-state index contributed by atoms with van der Waals surface area (Å²) in [6.07, 6.45) is 0. The summed E-state index contributed by atoms with van der Waals surface area (Å²) >= 11 is 4.76. The lowest BCUT2D eigenvalue weighted by Gasteiger charge is -2.26. The minimum absolute atomic E-state index is 0.0965. The van der Waals surface area contributed by atoms with E-state index in [9.17, 15) is 4.79 Å². The topological polar surface area (TPSA) is 67.6 Å². The van der Waals surface area contributed by atoms with Gasteiger partial charge in [-0.2, -0.15) is 0 Å². The second kappa shape index (κ2) is 6.78. The number of nitrogens with one attached hydrogen (secondary N) is 1. The summed E-state index contributed by atoms with van der Waals surface area (Å²) in [5.41, 5.74) is 5.40. The molecule has 0 aromatic carbocycles. The van der Waals surface area contributed by atoms with Crippen molar-refractivity contribution in [3.05, 3.63) is 0 Å². The third kappa shape index (κ3) is 4.42. The second-order valence-electron chi connectivity index (χ2n) is 3.87. The van der Waals surface area contributed by atoms with Gasteiger partial charge in [0.05, 0.1) is 24.1 Å². The second-order valence-corrected chi connectivity index (χ2v) is 4.34. The number of rotatable bonds is 5. The van der Waals surface area contributed by atoms with E-state index in [0.29, 0.717) is 6.54 Å². The van der Waals surface area contributed by atoms with Crippen molar-refractivity contribution in [1.82, 2.24) is 10.2 Å². The lowest BCUT2D eigenvalue weighted by Crippen LogP contribution is -2.43. The third-order valence-corrected chi connectivity index (χ3v) is 3.00. The number of carbonyl (C=O) groups is 1. The van der Waals surface area contributed by atoms with Crippen LogP contribution in [0.15, 0.2) is 0 Å². The first-order chi connectivity index (χ1) is 7.61. The van der Waals surface area contributed by atoms with Gasteiger partial charge < -0.3 is 15.8 Å². The lowest BCUT2D eigenvalue weighted by atomic mass is 10.1. The number of thiocarbonyl (C=S) groups is 1. The van der Waals surface area contributed by atoms with Gasteiger partial charge in [0.15, 0.2) is 0 Å². The molecule has 1 rings (SSSR count). The maximum Gasteiger partial charge on any atom is 0.229 e. The zero-order valence-corrected chi connectivity index (χ0v) is 10.4. The van der Waals surface area contributed by atoms with E-state index in [1.165, 1.54) is 0 Å². The van der Waals surface area contributed by atoms with Crippen molar-refractivity contribution in [1.29, 1.82) is 0 Å². The highest BCUT2D eigenvalue weighted by molar-refractivity contribution is 7.80. The standard InChI is InChI=1S/C10H19N3O2S/c1-8(9(11)16)10(14)12-2-3-13-4-6-15-7-5-13/h8H,2-7H2,1H3,(H2,11,16)(H,12,14). The van der Waals surface area contributed by atoms with E-state index in [-0.39, 0.29) is 16.8 Å². The number of amides is 1. The number of ether oxygens (including phenoxy) is 1. The number of hydrogen-bond donors (Lipinski definition) is 2. The Balaban J connectivity index is 2.14. The molecule has 1 fully saturated rings. The van der Waals surface area contributed by atoms with Crippen LogP contribution in [-0.4, -0.2) is 55.2 Å². The molecule has 92 valence electrons. The van der Waals surface area contributed by atoms with Crippen molar-refractivity contribution in [2.75, 3.05) is 39.4 Å². The molecule has 1 saturated heterocycles. The van der Waals surface area contributed by atoms with Crippen molar-refractivity contribution in [2.45, 2.75) is 6.92 Å². The number of nitrogens with zero attached hydrogens (tertiary/aromatic N) is 1. The Morgan fingerprint density at radius 2 is 2.19 bits per heavy atom. The quantitative estimate of drug-likeness (QED) is 0.631. The highest BCUT2D eigenvalue weighted by Gasteiger charge is 2.15. The summed E-state index contributed by atoms with van der Waals surface area (Å²) in [5, 5.41) is 2.82. The fourth-order valence-electron chi connectivity index (χ4n) is 1.44. The first-order valence-electron chi connectivity index (χ1n) is 5.48. The normalized spacial score (nSPS) is 19.1. The largest absolute Gasteiger partial charge is 0.393 e.